The fourth-order valence-corrected chi connectivity index (χ4v) is 15.0. The van der Waals surface area contributed by atoms with Crippen molar-refractivity contribution in [3.05, 3.63) is 369 Å². The van der Waals surface area contributed by atoms with Crippen molar-refractivity contribution in [1.29, 1.82) is 10.5 Å². The lowest BCUT2D eigenvalue weighted by molar-refractivity contribution is 1.07. The average molecular weight is 1340 g/mol. The quantitative estimate of drug-likeness (QED) is 0.113. The predicted molar refractivity (Wildman–Crippen MR) is 430 cm³/mol. The molecule has 0 spiro atoms. The Hall–Kier alpha value is -14.4. The molecule has 0 aliphatic rings. The molecule has 0 saturated heterocycles. The van der Waals surface area contributed by atoms with Gasteiger partial charge in [0.05, 0.1) is 34.7 Å². The van der Waals surface area contributed by atoms with E-state index in [1.165, 1.54) is 0 Å². The van der Waals surface area contributed by atoms with Gasteiger partial charge in [-0.25, -0.2) is 24.9 Å². The number of aromatic nitrogens is 5. The van der Waals surface area contributed by atoms with Crippen molar-refractivity contribution in [2.45, 2.75) is 6.92 Å². The predicted octanol–water partition coefficient (Wildman–Crippen LogP) is 25.0. The van der Waals surface area contributed by atoms with Crippen LogP contribution < -0.4 is 0 Å². The molecule has 0 saturated carbocycles. The van der Waals surface area contributed by atoms with Gasteiger partial charge in [0.15, 0.2) is 23.3 Å². The molecule has 18 aromatic rings. The number of benzene rings is 16. The number of nitriles is 2. The SMILES string of the molecule is Cc1c(-c2ccc(-c3ccc4ccc(-c5cc(-c6ccc(-c7nc(-c8ccccc8)nc(-c8ccccc8)n7)cc6)cc6ccccc56)c(-c5cccc(C#N)c5)c4c3)cc2)nc(-c2ccccc2)nc1-c1ccc(-c2ccc3ccccc3c2-c2ccc3ccccc3c2-c2ccc(C#N)cc2)cc1. The summed E-state index contributed by atoms with van der Waals surface area (Å²) in [7, 11) is 0. The highest BCUT2D eigenvalue weighted by molar-refractivity contribution is 6.14. The summed E-state index contributed by atoms with van der Waals surface area (Å²) in [5.41, 5.74) is 24.5. The molecule has 0 fully saturated rings. The molecule has 488 valence electrons. The fraction of sp³-hybridized carbons (Fsp3) is 0.0102. The van der Waals surface area contributed by atoms with Gasteiger partial charge in [0.2, 0.25) is 0 Å². The number of nitrogens with zero attached hydrogens (tertiary/aromatic N) is 7. The van der Waals surface area contributed by atoms with Crippen LogP contribution in [-0.2, 0) is 0 Å². The summed E-state index contributed by atoms with van der Waals surface area (Å²) in [6, 6.07) is 128. The second-order valence-electron chi connectivity index (χ2n) is 26.5. The number of fused-ring (bicyclic) bond motifs is 4. The summed E-state index contributed by atoms with van der Waals surface area (Å²) in [4.78, 5) is 25.7. The maximum atomic E-state index is 10.4. The molecule has 16 aromatic carbocycles. The van der Waals surface area contributed by atoms with E-state index >= 15 is 0 Å². The van der Waals surface area contributed by atoms with E-state index in [0.29, 0.717) is 34.4 Å². The molecule has 0 radical (unpaired) electrons. The minimum Gasteiger partial charge on any atom is -0.228 e. The molecule has 0 aliphatic heterocycles. The van der Waals surface area contributed by atoms with Crippen molar-refractivity contribution >= 4 is 43.1 Å². The molecule has 2 heterocycles. The van der Waals surface area contributed by atoms with Crippen LogP contribution in [0.5, 0.6) is 0 Å². The van der Waals surface area contributed by atoms with Crippen molar-refractivity contribution in [2.24, 2.45) is 0 Å². The van der Waals surface area contributed by atoms with Gasteiger partial charge < -0.3 is 0 Å². The topological polar surface area (TPSA) is 112 Å². The van der Waals surface area contributed by atoms with Crippen molar-refractivity contribution in [1.82, 2.24) is 24.9 Å². The Morgan fingerprint density at radius 1 is 0.210 bits per heavy atom. The molecule has 0 atom stereocenters. The van der Waals surface area contributed by atoms with Gasteiger partial charge in [0, 0.05) is 38.9 Å². The third-order valence-electron chi connectivity index (χ3n) is 20.2. The van der Waals surface area contributed by atoms with E-state index in [1.807, 2.05) is 109 Å². The molecule has 18 rings (SSSR count). The molecule has 0 amide bonds. The Morgan fingerprint density at radius 2 is 0.610 bits per heavy atom. The minimum absolute atomic E-state index is 0.588. The van der Waals surface area contributed by atoms with E-state index in [4.69, 9.17) is 24.9 Å². The van der Waals surface area contributed by atoms with Crippen LogP contribution in [0, 0.1) is 29.6 Å². The first-order valence-corrected chi connectivity index (χ1v) is 35.1. The van der Waals surface area contributed by atoms with E-state index < -0.39 is 0 Å². The third-order valence-corrected chi connectivity index (χ3v) is 20.2. The Labute approximate surface area is 608 Å². The van der Waals surface area contributed by atoms with Gasteiger partial charge in [-0.1, -0.05) is 309 Å². The van der Waals surface area contributed by atoms with Gasteiger partial charge in [-0.2, -0.15) is 10.5 Å². The zero-order valence-electron chi connectivity index (χ0n) is 57.1. The zero-order chi connectivity index (χ0) is 70.3. The van der Waals surface area contributed by atoms with Crippen LogP contribution in [0.2, 0.25) is 0 Å². The molecule has 0 N–H and O–H groups in total. The molecule has 0 bridgehead atoms. The standard InChI is InChI=1S/C98H61N7/c1-62-93(101-95(74-21-5-2-6-22-74)102-94(62)73-45-40-69(41-46-73)85-53-50-68-20-12-16-31-84(68)92(85)87-55-52-67-19-11-15-30-83(67)90(87)71-34-32-63(60-99)33-35-71)72-43-36-65(37-44-72)78-49-42-70-51-54-86(91(88(70)58-78)80-28-17-18-64(56-80)61-100)89-59-81(57-79-27-13-14-29-82(79)89)66-38-47-77(48-39-66)98-104-96(75-23-7-3-8-24-75)103-97(105-98)76-25-9-4-10-26-76/h2-59H,1H3. The summed E-state index contributed by atoms with van der Waals surface area (Å²) in [6.07, 6.45) is 0. The largest absolute Gasteiger partial charge is 0.228 e. The number of rotatable bonds is 13. The van der Waals surface area contributed by atoms with E-state index in [2.05, 4.69) is 262 Å². The molecular weight excluding hydrogens is 1280 g/mol. The highest BCUT2D eigenvalue weighted by Gasteiger charge is 2.23. The Balaban J connectivity index is 0.712. The van der Waals surface area contributed by atoms with E-state index in [9.17, 15) is 10.5 Å². The van der Waals surface area contributed by atoms with Crippen LogP contribution >= 0.6 is 0 Å². The second-order valence-corrected chi connectivity index (χ2v) is 26.5. The smallest absolute Gasteiger partial charge is 0.164 e. The molecule has 105 heavy (non-hydrogen) atoms. The van der Waals surface area contributed by atoms with Gasteiger partial charge in [-0.15, -0.1) is 0 Å². The third kappa shape index (κ3) is 11.9. The molecular formula is C98H61N7. The Kier molecular flexibility index (Phi) is 16.1. The first kappa shape index (κ1) is 62.9. The first-order chi connectivity index (χ1) is 51.8. The van der Waals surface area contributed by atoms with Gasteiger partial charge >= 0.3 is 0 Å². The lowest BCUT2D eigenvalue weighted by Gasteiger charge is -2.20. The number of hydrogen-bond acceptors (Lipinski definition) is 7. The summed E-state index contributed by atoms with van der Waals surface area (Å²) in [5, 5.41) is 29.2. The molecule has 0 aliphatic carbocycles. The molecule has 7 heteroatoms. The summed E-state index contributed by atoms with van der Waals surface area (Å²) in [6.45, 7) is 2.13. The fourth-order valence-electron chi connectivity index (χ4n) is 15.0. The normalized spacial score (nSPS) is 11.3. The second kappa shape index (κ2) is 27.0. The van der Waals surface area contributed by atoms with Crippen molar-refractivity contribution in [3.8, 4) is 158 Å². The van der Waals surface area contributed by atoms with Gasteiger partial charge in [-0.3, -0.25) is 0 Å². The van der Waals surface area contributed by atoms with Crippen LogP contribution in [0.25, 0.3) is 189 Å². The van der Waals surface area contributed by atoms with E-state index in [0.717, 1.165) is 171 Å². The summed E-state index contributed by atoms with van der Waals surface area (Å²) >= 11 is 0. The Bertz CT molecular complexity index is 6440. The molecule has 7 nitrogen and oxygen atoms in total. The monoisotopic (exact) mass is 1340 g/mol. The van der Waals surface area contributed by atoms with Crippen molar-refractivity contribution in [2.75, 3.05) is 0 Å². The van der Waals surface area contributed by atoms with E-state index in [1.54, 1.807) is 0 Å². The van der Waals surface area contributed by atoms with Crippen molar-refractivity contribution < 1.29 is 0 Å². The summed E-state index contributed by atoms with van der Waals surface area (Å²) < 4.78 is 0. The van der Waals surface area contributed by atoms with Gasteiger partial charge in [0.25, 0.3) is 0 Å². The van der Waals surface area contributed by atoms with Crippen LogP contribution in [0.4, 0.5) is 0 Å². The van der Waals surface area contributed by atoms with Gasteiger partial charge in [-0.05, 0) is 170 Å². The number of hydrogen-bond donors (Lipinski definition) is 0. The Morgan fingerprint density at radius 3 is 1.18 bits per heavy atom. The molecule has 0 unspecified atom stereocenters. The first-order valence-electron chi connectivity index (χ1n) is 35.1. The lowest BCUT2D eigenvalue weighted by Crippen LogP contribution is -2.00. The maximum absolute atomic E-state index is 10.4. The molecule has 2 aromatic heterocycles. The highest BCUT2D eigenvalue weighted by atomic mass is 15.0. The zero-order valence-corrected chi connectivity index (χ0v) is 57.1. The average Bonchev–Trinajstić information content (AvgIpc) is 0.741. The summed E-state index contributed by atoms with van der Waals surface area (Å²) in [5.74, 6) is 2.47. The van der Waals surface area contributed by atoms with Crippen LogP contribution in [0.15, 0.2) is 352 Å². The van der Waals surface area contributed by atoms with Gasteiger partial charge in [0.1, 0.15) is 0 Å². The van der Waals surface area contributed by atoms with Crippen molar-refractivity contribution in [3.63, 3.8) is 0 Å². The van der Waals surface area contributed by atoms with Crippen LogP contribution in [-0.4, -0.2) is 24.9 Å². The van der Waals surface area contributed by atoms with Crippen LogP contribution in [0.1, 0.15) is 16.7 Å². The minimum atomic E-state index is 0.588. The maximum Gasteiger partial charge on any atom is 0.164 e. The highest BCUT2D eigenvalue weighted by Crippen LogP contribution is 2.48. The van der Waals surface area contributed by atoms with E-state index in [-0.39, 0.29) is 0 Å². The lowest BCUT2D eigenvalue weighted by atomic mass is 9.83. The van der Waals surface area contributed by atoms with Crippen LogP contribution in [0.3, 0.4) is 0 Å².